The van der Waals surface area contributed by atoms with Crippen LogP contribution in [0.3, 0.4) is 0 Å². The smallest absolute Gasteiger partial charge is 0.227 e. The normalized spacial score (nSPS) is 10.4. The Bertz CT molecular complexity index is 619. The molecule has 1 aromatic heterocycles. The zero-order chi connectivity index (χ0) is 15.1. The Morgan fingerprint density at radius 3 is 2.52 bits per heavy atom. The highest BCUT2D eigenvalue weighted by atomic mass is 16.5. The maximum Gasteiger partial charge on any atom is 0.227 e. The highest BCUT2D eigenvalue weighted by molar-refractivity contribution is 5.26. The van der Waals surface area contributed by atoms with Gasteiger partial charge in [-0.1, -0.05) is 17.7 Å². The Kier molecular flexibility index (Phi) is 5.40. The summed E-state index contributed by atoms with van der Waals surface area (Å²) in [6, 6.07) is 9.19. The molecule has 2 aromatic rings. The Labute approximate surface area is 123 Å². The third kappa shape index (κ3) is 4.65. The van der Waals surface area contributed by atoms with Crippen LogP contribution in [0.25, 0.3) is 0 Å². The van der Waals surface area contributed by atoms with Gasteiger partial charge < -0.3 is 19.6 Å². The first-order valence-corrected chi connectivity index (χ1v) is 6.83. The van der Waals surface area contributed by atoms with E-state index in [2.05, 4.69) is 0 Å². The summed E-state index contributed by atoms with van der Waals surface area (Å²) >= 11 is 0. The van der Waals surface area contributed by atoms with Gasteiger partial charge in [0.05, 0.1) is 19.8 Å². The molecule has 0 bridgehead atoms. The molecule has 0 amide bonds. The molecule has 0 saturated heterocycles. The summed E-state index contributed by atoms with van der Waals surface area (Å²) in [7, 11) is 0. The van der Waals surface area contributed by atoms with Gasteiger partial charge in [-0.25, -0.2) is 0 Å². The first-order chi connectivity index (χ1) is 10.2. The molecule has 1 aromatic carbocycles. The van der Waals surface area contributed by atoms with Crippen molar-refractivity contribution in [3.63, 3.8) is 0 Å². The molecule has 2 rings (SSSR count). The SMILES string of the molecule is Cc1ccc(OCCCOc2coc(CN)cc2=O)cc1. The lowest BCUT2D eigenvalue weighted by Crippen LogP contribution is -2.12. The standard InChI is InChI=1S/C16H19NO4/c1-12-3-5-13(6-4-12)19-7-2-8-20-16-11-21-14(10-17)9-15(16)18/h3-6,9,11H,2,7-8,10,17H2,1H3. The van der Waals surface area contributed by atoms with Gasteiger partial charge in [-0.15, -0.1) is 0 Å². The summed E-state index contributed by atoms with van der Waals surface area (Å²) in [6.07, 6.45) is 1.97. The number of hydrogen-bond acceptors (Lipinski definition) is 5. The third-order valence-electron chi connectivity index (χ3n) is 2.89. The number of hydrogen-bond donors (Lipinski definition) is 1. The van der Waals surface area contributed by atoms with Gasteiger partial charge in [-0.2, -0.15) is 0 Å². The first kappa shape index (κ1) is 15.1. The molecule has 0 aliphatic carbocycles. The van der Waals surface area contributed by atoms with E-state index in [1.54, 1.807) is 0 Å². The van der Waals surface area contributed by atoms with Crippen molar-refractivity contribution in [3.05, 3.63) is 58.1 Å². The van der Waals surface area contributed by atoms with Crippen LogP contribution in [0.2, 0.25) is 0 Å². The van der Waals surface area contributed by atoms with Crippen molar-refractivity contribution < 1.29 is 13.9 Å². The van der Waals surface area contributed by atoms with E-state index in [1.165, 1.54) is 17.9 Å². The zero-order valence-electron chi connectivity index (χ0n) is 12.0. The number of rotatable bonds is 7. The van der Waals surface area contributed by atoms with Crippen molar-refractivity contribution in [2.75, 3.05) is 13.2 Å². The summed E-state index contributed by atoms with van der Waals surface area (Å²) in [6.45, 7) is 3.13. The summed E-state index contributed by atoms with van der Waals surface area (Å²) < 4.78 is 16.1. The summed E-state index contributed by atoms with van der Waals surface area (Å²) in [4.78, 5) is 11.6. The van der Waals surface area contributed by atoms with Gasteiger partial charge in [-0.05, 0) is 19.1 Å². The second-order valence-corrected chi connectivity index (χ2v) is 4.64. The Morgan fingerprint density at radius 2 is 1.86 bits per heavy atom. The molecular weight excluding hydrogens is 270 g/mol. The Morgan fingerprint density at radius 1 is 1.14 bits per heavy atom. The molecule has 0 unspecified atom stereocenters. The molecule has 0 aliphatic heterocycles. The lowest BCUT2D eigenvalue weighted by atomic mass is 10.2. The van der Waals surface area contributed by atoms with E-state index in [1.807, 2.05) is 31.2 Å². The second-order valence-electron chi connectivity index (χ2n) is 4.64. The lowest BCUT2D eigenvalue weighted by molar-refractivity contribution is 0.241. The average Bonchev–Trinajstić information content (AvgIpc) is 2.50. The Balaban J connectivity index is 1.72. The fraction of sp³-hybridized carbons (Fsp3) is 0.312. The fourth-order valence-corrected chi connectivity index (χ4v) is 1.72. The highest BCUT2D eigenvalue weighted by Crippen LogP contribution is 2.11. The van der Waals surface area contributed by atoms with Gasteiger partial charge in [0, 0.05) is 12.5 Å². The third-order valence-corrected chi connectivity index (χ3v) is 2.89. The van der Waals surface area contributed by atoms with Gasteiger partial charge in [0.25, 0.3) is 0 Å². The molecule has 0 saturated carbocycles. The zero-order valence-corrected chi connectivity index (χ0v) is 12.0. The molecule has 0 aliphatic rings. The van der Waals surface area contributed by atoms with E-state index in [0.717, 1.165) is 5.75 Å². The van der Waals surface area contributed by atoms with Crippen molar-refractivity contribution in [1.82, 2.24) is 0 Å². The van der Waals surface area contributed by atoms with Gasteiger partial charge in [0.15, 0.2) is 0 Å². The number of aryl methyl sites for hydroxylation is 1. The fourth-order valence-electron chi connectivity index (χ4n) is 1.72. The number of benzene rings is 1. The summed E-state index contributed by atoms with van der Waals surface area (Å²) in [5, 5.41) is 0. The maximum absolute atomic E-state index is 11.6. The molecule has 1 heterocycles. The van der Waals surface area contributed by atoms with Crippen molar-refractivity contribution in [2.45, 2.75) is 19.9 Å². The van der Waals surface area contributed by atoms with Crippen LogP contribution in [0.15, 0.2) is 45.8 Å². The predicted octanol–water partition coefficient (Wildman–Crippen LogP) is 2.25. The first-order valence-electron chi connectivity index (χ1n) is 6.83. The van der Waals surface area contributed by atoms with Crippen LogP contribution < -0.4 is 20.6 Å². The van der Waals surface area contributed by atoms with Crippen molar-refractivity contribution in [2.24, 2.45) is 5.73 Å². The highest BCUT2D eigenvalue weighted by Gasteiger charge is 2.03. The van der Waals surface area contributed by atoms with Crippen LogP contribution >= 0.6 is 0 Å². The number of nitrogens with two attached hydrogens (primary N) is 1. The summed E-state index contributed by atoms with van der Waals surface area (Å²) in [5.41, 5.74) is 6.35. The molecule has 21 heavy (non-hydrogen) atoms. The molecule has 0 fully saturated rings. The van der Waals surface area contributed by atoms with Crippen molar-refractivity contribution >= 4 is 0 Å². The minimum absolute atomic E-state index is 0.194. The minimum atomic E-state index is -0.221. The monoisotopic (exact) mass is 289 g/mol. The van der Waals surface area contributed by atoms with E-state index in [4.69, 9.17) is 19.6 Å². The molecule has 2 N–H and O–H groups in total. The van der Waals surface area contributed by atoms with Crippen molar-refractivity contribution in [3.8, 4) is 11.5 Å². The van der Waals surface area contributed by atoms with E-state index in [0.29, 0.717) is 25.4 Å². The lowest BCUT2D eigenvalue weighted by Gasteiger charge is -2.07. The average molecular weight is 289 g/mol. The largest absolute Gasteiger partial charge is 0.493 e. The minimum Gasteiger partial charge on any atom is -0.493 e. The molecule has 0 radical (unpaired) electrons. The number of ether oxygens (including phenoxy) is 2. The molecule has 0 atom stereocenters. The molecular formula is C16H19NO4. The maximum atomic E-state index is 11.6. The van der Waals surface area contributed by atoms with E-state index in [9.17, 15) is 4.79 Å². The van der Waals surface area contributed by atoms with Gasteiger partial charge >= 0.3 is 0 Å². The van der Waals surface area contributed by atoms with E-state index in [-0.39, 0.29) is 17.7 Å². The quantitative estimate of drug-likeness (QED) is 0.791. The second kappa shape index (κ2) is 7.50. The van der Waals surface area contributed by atoms with Gasteiger partial charge in [0.1, 0.15) is 17.8 Å². The summed E-state index contributed by atoms with van der Waals surface area (Å²) in [5.74, 6) is 1.46. The van der Waals surface area contributed by atoms with Crippen molar-refractivity contribution in [1.29, 1.82) is 0 Å². The van der Waals surface area contributed by atoms with Gasteiger partial charge in [0.2, 0.25) is 11.2 Å². The van der Waals surface area contributed by atoms with Crippen LogP contribution in [0.1, 0.15) is 17.7 Å². The predicted molar refractivity (Wildman–Crippen MR) is 79.7 cm³/mol. The topological polar surface area (TPSA) is 74.7 Å². The van der Waals surface area contributed by atoms with Crippen LogP contribution in [0.4, 0.5) is 0 Å². The van der Waals surface area contributed by atoms with Crippen LogP contribution in [-0.2, 0) is 6.54 Å². The van der Waals surface area contributed by atoms with E-state index >= 15 is 0 Å². The molecule has 5 heteroatoms. The molecule has 0 spiro atoms. The Hall–Kier alpha value is -2.27. The van der Waals surface area contributed by atoms with Crippen LogP contribution in [0.5, 0.6) is 11.5 Å². The van der Waals surface area contributed by atoms with Crippen LogP contribution in [-0.4, -0.2) is 13.2 Å². The van der Waals surface area contributed by atoms with Crippen LogP contribution in [0, 0.1) is 6.92 Å². The van der Waals surface area contributed by atoms with Gasteiger partial charge in [-0.3, -0.25) is 4.79 Å². The molecule has 112 valence electrons. The van der Waals surface area contributed by atoms with E-state index < -0.39 is 0 Å². The molecule has 5 nitrogen and oxygen atoms in total.